The zero-order valence-electron chi connectivity index (χ0n) is 14.8. The Morgan fingerprint density at radius 2 is 2.00 bits per heavy atom. The summed E-state index contributed by atoms with van der Waals surface area (Å²) in [5.41, 5.74) is 0.247. The summed E-state index contributed by atoms with van der Waals surface area (Å²) in [4.78, 5) is 6.53. The number of guanidine groups is 1. The highest BCUT2D eigenvalue weighted by Crippen LogP contribution is 2.46. The van der Waals surface area contributed by atoms with E-state index in [1.165, 1.54) is 11.3 Å². The minimum atomic E-state index is -3.40. The van der Waals surface area contributed by atoms with Crippen LogP contribution in [0.2, 0.25) is 0 Å². The maximum atomic E-state index is 12.0. The molecule has 1 aromatic rings. The first-order valence-electron chi connectivity index (χ1n) is 7.63. The number of nitrogens with zero attached hydrogens (tertiary/aromatic N) is 2. The van der Waals surface area contributed by atoms with Crippen LogP contribution in [0.5, 0.6) is 0 Å². The van der Waals surface area contributed by atoms with Crippen molar-refractivity contribution < 1.29 is 8.42 Å². The van der Waals surface area contributed by atoms with Crippen molar-refractivity contribution in [1.29, 1.82) is 0 Å². The first-order chi connectivity index (χ1) is 10.6. The number of rotatable bonds is 5. The van der Waals surface area contributed by atoms with Crippen molar-refractivity contribution >= 4 is 51.3 Å². The molecule has 2 heterocycles. The maximum Gasteiger partial charge on any atom is 0.250 e. The Labute approximate surface area is 166 Å². The average molecular weight is 486 g/mol. The third-order valence-corrected chi connectivity index (χ3v) is 7.67. The monoisotopic (exact) mass is 486 g/mol. The van der Waals surface area contributed by atoms with Gasteiger partial charge in [0.05, 0.1) is 0 Å². The van der Waals surface area contributed by atoms with Gasteiger partial charge in [-0.25, -0.2) is 13.1 Å². The first kappa shape index (κ1) is 21.7. The molecule has 1 aliphatic heterocycles. The highest BCUT2D eigenvalue weighted by molar-refractivity contribution is 14.0. The van der Waals surface area contributed by atoms with Crippen LogP contribution in [0.15, 0.2) is 26.7 Å². The molecule has 0 spiro atoms. The van der Waals surface area contributed by atoms with Crippen LogP contribution in [0, 0.1) is 5.41 Å². The molecule has 0 radical (unpaired) electrons. The van der Waals surface area contributed by atoms with Crippen molar-refractivity contribution in [1.82, 2.24) is 14.9 Å². The van der Waals surface area contributed by atoms with Crippen LogP contribution in [-0.2, 0) is 10.0 Å². The van der Waals surface area contributed by atoms with E-state index in [0.717, 1.165) is 12.5 Å². The van der Waals surface area contributed by atoms with Gasteiger partial charge in [0.2, 0.25) is 10.0 Å². The summed E-state index contributed by atoms with van der Waals surface area (Å²) in [5, 5.41) is 4.99. The lowest BCUT2D eigenvalue weighted by Crippen LogP contribution is -2.72. The Morgan fingerprint density at radius 3 is 2.46 bits per heavy atom. The first-order valence-corrected chi connectivity index (χ1v) is 9.99. The Bertz CT molecular complexity index is 670. The Kier molecular flexibility index (Phi) is 7.11. The third-order valence-electron chi connectivity index (χ3n) is 4.81. The molecule has 9 heteroatoms. The number of likely N-dealkylation sites (tertiary alicyclic amines) is 1. The van der Waals surface area contributed by atoms with E-state index in [2.05, 4.69) is 47.6 Å². The van der Waals surface area contributed by atoms with Crippen molar-refractivity contribution in [3.05, 3.63) is 17.5 Å². The molecule has 1 aromatic heterocycles. The topological polar surface area (TPSA) is 73.8 Å². The summed E-state index contributed by atoms with van der Waals surface area (Å²) in [6.07, 6.45) is 0. The number of nitrogens with one attached hydrogen (secondary N) is 2. The largest absolute Gasteiger partial charge is 0.355 e. The summed E-state index contributed by atoms with van der Waals surface area (Å²) in [7, 11) is -1.65. The molecule has 6 nitrogen and oxygen atoms in total. The van der Waals surface area contributed by atoms with E-state index >= 15 is 0 Å². The van der Waals surface area contributed by atoms with E-state index in [9.17, 15) is 8.42 Å². The molecular weight excluding hydrogens is 459 g/mol. The Balaban J connectivity index is 0.00000288. The Hall–Kier alpha value is -0.390. The van der Waals surface area contributed by atoms with Crippen LogP contribution in [0.25, 0.3) is 0 Å². The average Bonchev–Trinajstić information content (AvgIpc) is 3.00. The molecule has 0 saturated carbocycles. The van der Waals surface area contributed by atoms with Crippen LogP contribution >= 0.6 is 35.3 Å². The molecule has 0 amide bonds. The molecule has 2 N–H and O–H groups in total. The number of thiophene rings is 1. The van der Waals surface area contributed by atoms with Gasteiger partial charge >= 0.3 is 0 Å². The number of hydrogen-bond donors (Lipinski definition) is 2. The second kappa shape index (κ2) is 7.88. The summed E-state index contributed by atoms with van der Waals surface area (Å²) >= 11 is 1.21. The molecule has 1 fully saturated rings. The van der Waals surface area contributed by atoms with E-state index in [1.807, 2.05) is 0 Å². The molecule has 2 rings (SSSR count). The maximum absolute atomic E-state index is 12.0. The molecular formula is C15H27IN4O2S2. The van der Waals surface area contributed by atoms with Gasteiger partial charge in [0, 0.05) is 37.6 Å². The lowest BCUT2D eigenvalue weighted by atomic mass is 9.65. The predicted molar refractivity (Wildman–Crippen MR) is 111 cm³/mol. The van der Waals surface area contributed by atoms with Gasteiger partial charge in [-0.1, -0.05) is 19.9 Å². The summed E-state index contributed by atoms with van der Waals surface area (Å²) in [6.45, 7) is 10.6. The lowest BCUT2D eigenvalue weighted by Gasteiger charge is -2.62. The highest BCUT2D eigenvalue weighted by atomic mass is 127. The van der Waals surface area contributed by atoms with Crippen molar-refractivity contribution in [2.45, 2.75) is 37.4 Å². The molecule has 0 aliphatic carbocycles. The fourth-order valence-corrected chi connectivity index (χ4v) is 4.61. The van der Waals surface area contributed by atoms with E-state index in [4.69, 9.17) is 0 Å². The van der Waals surface area contributed by atoms with Gasteiger partial charge in [0.1, 0.15) is 4.21 Å². The smallest absolute Gasteiger partial charge is 0.250 e. The number of aliphatic imine (C=N–C) groups is 1. The fourth-order valence-electron chi connectivity index (χ4n) is 2.54. The van der Waals surface area contributed by atoms with E-state index < -0.39 is 10.0 Å². The van der Waals surface area contributed by atoms with Gasteiger partial charge in [0.15, 0.2) is 5.96 Å². The van der Waals surface area contributed by atoms with E-state index in [-0.39, 0.29) is 34.9 Å². The van der Waals surface area contributed by atoms with Gasteiger partial charge < -0.3 is 10.2 Å². The summed E-state index contributed by atoms with van der Waals surface area (Å²) in [5.74, 6) is 0.810. The molecule has 0 unspecified atom stereocenters. The molecule has 0 atom stereocenters. The minimum absolute atomic E-state index is 0. The van der Waals surface area contributed by atoms with Crippen molar-refractivity contribution in [2.24, 2.45) is 10.4 Å². The second-order valence-electron chi connectivity index (χ2n) is 6.83. The highest BCUT2D eigenvalue weighted by Gasteiger charge is 2.53. The quantitative estimate of drug-likeness (QED) is 0.290. The molecule has 138 valence electrons. The zero-order valence-corrected chi connectivity index (χ0v) is 18.8. The van der Waals surface area contributed by atoms with Crippen LogP contribution < -0.4 is 10.0 Å². The van der Waals surface area contributed by atoms with Gasteiger partial charge in [0.25, 0.3) is 0 Å². The van der Waals surface area contributed by atoms with Crippen molar-refractivity contribution in [3.63, 3.8) is 0 Å². The zero-order chi connectivity index (χ0) is 17.3. The number of halogens is 1. The van der Waals surface area contributed by atoms with Gasteiger partial charge in [-0.15, -0.1) is 35.3 Å². The normalized spacial score (nSPS) is 19.4. The van der Waals surface area contributed by atoms with Crippen molar-refractivity contribution in [2.75, 3.05) is 26.7 Å². The summed E-state index contributed by atoms with van der Waals surface area (Å²) < 4.78 is 27.0. The molecule has 0 bridgehead atoms. The van der Waals surface area contributed by atoms with Crippen LogP contribution in [0.1, 0.15) is 27.7 Å². The van der Waals surface area contributed by atoms with Crippen LogP contribution in [0.4, 0.5) is 0 Å². The lowest BCUT2D eigenvalue weighted by molar-refractivity contribution is -0.0666. The van der Waals surface area contributed by atoms with Gasteiger partial charge in [-0.05, 0) is 25.3 Å². The van der Waals surface area contributed by atoms with Crippen molar-refractivity contribution in [3.8, 4) is 0 Å². The van der Waals surface area contributed by atoms with E-state index in [0.29, 0.717) is 17.3 Å². The van der Waals surface area contributed by atoms with Crippen LogP contribution in [-0.4, -0.2) is 51.5 Å². The Morgan fingerprint density at radius 1 is 1.33 bits per heavy atom. The van der Waals surface area contributed by atoms with Crippen LogP contribution in [0.3, 0.4) is 0 Å². The second-order valence-corrected chi connectivity index (χ2v) is 9.77. The number of hydrogen-bond acceptors (Lipinski definition) is 4. The predicted octanol–water partition coefficient (Wildman–Crippen LogP) is 2.34. The van der Waals surface area contributed by atoms with E-state index in [1.54, 1.807) is 24.6 Å². The summed E-state index contributed by atoms with van der Waals surface area (Å²) in [6, 6.07) is 3.33. The van der Waals surface area contributed by atoms with Gasteiger partial charge in [-0.2, -0.15) is 0 Å². The third kappa shape index (κ3) is 4.23. The number of sulfonamides is 1. The molecule has 1 saturated heterocycles. The van der Waals surface area contributed by atoms with Gasteiger partial charge in [-0.3, -0.25) is 4.99 Å². The molecule has 0 aromatic carbocycles. The molecule has 1 aliphatic rings. The molecule has 24 heavy (non-hydrogen) atoms. The fraction of sp³-hybridized carbons (Fsp3) is 0.667. The minimum Gasteiger partial charge on any atom is -0.355 e. The SMILES string of the molecule is CN=C(NCCNS(=O)(=O)c1cccs1)N1CC(C)(C)C1(C)C.I. The standard InChI is InChI=1S/C15H26N4O2S2.HI/c1-14(2)11-19(15(14,3)4)13(16-5)17-8-9-18-23(20,21)12-7-6-10-22-12;/h6-7,10,18H,8-9,11H2,1-5H3,(H,16,17);1H.